The van der Waals surface area contributed by atoms with E-state index in [1.165, 1.54) is 44.6 Å². The van der Waals surface area contributed by atoms with Crippen molar-refractivity contribution in [2.24, 2.45) is 0 Å². The van der Waals surface area contributed by atoms with Crippen LogP contribution in [0.15, 0.2) is 90.0 Å². The number of nitrogens with zero attached hydrogens (tertiary/aromatic N) is 2. The number of allylic oxidation sites excluding steroid dienone is 11. The SMILES string of the molecule is CC/C=C/C/C=C/C=C/C(O)CCCCCCCC(=O)OC[C@H](COP(=O)(O)OP(=O)(O)OC[C@H]1O[C@@H](n2ccc(N)nc2=O)[C@H](O)[C@@H]1O)OC(=O)CCC/C=C\C/C=C\C/C=C\CCCCCCCC. The first kappa shape index (κ1) is 63.3. The van der Waals surface area contributed by atoms with Crippen molar-refractivity contribution in [2.45, 2.75) is 185 Å². The van der Waals surface area contributed by atoms with E-state index in [0.717, 1.165) is 68.6 Å². The molecule has 1 fully saturated rings. The predicted octanol–water partition coefficient (Wildman–Crippen LogP) is 9.08. The van der Waals surface area contributed by atoms with Crippen molar-refractivity contribution in [3.63, 3.8) is 0 Å². The van der Waals surface area contributed by atoms with Gasteiger partial charge in [0.1, 0.15) is 30.7 Å². The van der Waals surface area contributed by atoms with E-state index in [1.807, 2.05) is 30.4 Å². The number of carbonyl (C=O) groups excluding carboxylic acids is 2. The molecule has 8 atom stereocenters. The third-order valence-electron chi connectivity index (χ3n) is 10.9. The minimum atomic E-state index is -5.46. The van der Waals surface area contributed by atoms with Crippen LogP contribution in [0.4, 0.5) is 5.82 Å². The maximum absolute atomic E-state index is 12.8. The molecule has 2 heterocycles. The average molecular weight is 1040 g/mol. The van der Waals surface area contributed by atoms with Crippen LogP contribution in [-0.4, -0.2) is 96.9 Å². The van der Waals surface area contributed by atoms with Gasteiger partial charge < -0.3 is 45.1 Å². The number of hydrogen-bond donors (Lipinski definition) is 6. The number of ether oxygens (including phenoxy) is 3. The number of nitrogens with two attached hydrogens (primary N) is 1. The minimum Gasteiger partial charge on any atom is -0.462 e. The van der Waals surface area contributed by atoms with Crippen LogP contribution < -0.4 is 11.4 Å². The second kappa shape index (κ2) is 37.8. The van der Waals surface area contributed by atoms with E-state index in [-0.39, 0.29) is 18.7 Å². The fourth-order valence-electron chi connectivity index (χ4n) is 6.98. The first-order chi connectivity index (χ1) is 34.1. The quantitative estimate of drug-likeness (QED) is 0.0117. The molecular weight excluding hydrogens is 961 g/mol. The number of esters is 2. The third-order valence-corrected chi connectivity index (χ3v) is 13.5. The van der Waals surface area contributed by atoms with Crippen LogP contribution in [0.25, 0.3) is 0 Å². The average Bonchev–Trinajstić information content (AvgIpc) is 3.60. The lowest BCUT2D eigenvalue weighted by Crippen LogP contribution is -2.36. The van der Waals surface area contributed by atoms with Crippen molar-refractivity contribution in [2.75, 3.05) is 25.6 Å². The lowest BCUT2D eigenvalue weighted by Gasteiger charge is -2.21. The number of nitrogen functional groups attached to an aromatic ring is 1. The molecule has 0 amide bonds. The Hall–Kier alpha value is -3.84. The number of hydrogen-bond acceptors (Lipinski definition) is 16. The van der Waals surface area contributed by atoms with Gasteiger partial charge in [0.05, 0.1) is 19.3 Å². The zero-order valence-corrected chi connectivity index (χ0v) is 43.4. The third kappa shape index (κ3) is 30.7. The lowest BCUT2D eigenvalue weighted by molar-refractivity contribution is -0.161. The largest absolute Gasteiger partial charge is 0.481 e. The van der Waals surface area contributed by atoms with Crippen LogP contribution in [-0.2, 0) is 46.3 Å². The Balaban J connectivity index is 1.86. The summed E-state index contributed by atoms with van der Waals surface area (Å²) in [5.74, 6) is -1.45. The Labute approximate surface area is 419 Å². The number of rotatable bonds is 40. The van der Waals surface area contributed by atoms with Crippen LogP contribution in [0.2, 0.25) is 0 Å². The van der Waals surface area contributed by atoms with Gasteiger partial charge in [0.15, 0.2) is 12.3 Å². The first-order valence-electron chi connectivity index (χ1n) is 25.1. The lowest BCUT2D eigenvalue weighted by atomic mass is 10.1. The van der Waals surface area contributed by atoms with E-state index in [1.54, 1.807) is 6.08 Å². The van der Waals surface area contributed by atoms with Crippen LogP contribution in [0.3, 0.4) is 0 Å². The molecule has 2 rings (SSSR count). The second-order valence-electron chi connectivity index (χ2n) is 17.1. The molecule has 1 aliphatic rings. The number of phosphoric acid groups is 2. The molecule has 1 aliphatic heterocycles. The van der Waals surface area contributed by atoms with Gasteiger partial charge in [0.2, 0.25) is 0 Å². The highest BCUT2D eigenvalue weighted by Gasteiger charge is 2.46. The van der Waals surface area contributed by atoms with Crippen LogP contribution in [0.5, 0.6) is 0 Å². The fourth-order valence-corrected chi connectivity index (χ4v) is 9.09. The first-order valence-corrected chi connectivity index (χ1v) is 28.0. The van der Waals surface area contributed by atoms with E-state index in [2.05, 4.69) is 59.6 Å². The number of anilines is 1. The van der Waals surface area contributed by atoms with E-state index < -0.39 is 89.8 Å². The van der Waals surface area contributed by atoms with Crippen molar-refractivity contribution in [3.05, 3.63) is 95.7 Å². The number of aliphatic hydroxyl groups excluding tert-OH is 3. The summed E-state index contributed by atoms with van der Waals surface area (Å²) < 4.78 is 56.6. The Morgan fingerprint density at radius 2 is 1.37 bits per heavy atom. The molecule has 7 N–H and O–H groups in total. The zero-order chi connectivity index (χ0) is 52.2. The molecule has 71 heavy (non-hydrogen) atoms. The van der Waals surface area contributed by atoms with Crippen molar-refractivity contribution in [1.82, 2.24) is 9.55 Å². The fraction of sp³-hybridized carbons (Fsp3) is 0.640. The summed E-state index contributed by atoms with van der Waals surface area (Å²) in [4.78, 5) is 61.9. The van der Waals surface area contributed by atoms with Gasteiger partial charge >= 0.3 is 33.3 Å². The van der Waals surface area contributed by atoms with Gasteiger partial charge in [-0.25, -0.2) is 13.9 Å². The summed E-state index contributed by atoms with van der Waals surface area (Å²) in [6.45, 7) is 1.86. The molecule has 0 saturated carbocycles. The molecular formula is C50H81N3O16P2. The van der Waals surface area contributed by atoms with E-state index in [9.17, 15) is 48.6 Å². The van der Waals surface area contributed by atoms with Crippen LogP contribution in [0, 0.1) is 0 Å². The maximum atomic E-state index is 12.8. The molecule has 0 spiro atoms. The molecule has 1 saturated heterocycles. The minimum absolute atomic E-state index is 0.0432. The second-order valence-corrected chi connectivity index (χ2v) is 20.2. The number of carbonyl (C=O) groups is 2. The van der Waals surface area contributed by atoms with E-state index in [0.29, 0.717) is 25.7 Å². The molecule has 0 aliphatic carbocycles. The highest BCUT2D eigenvalue weighted by Crippen LogP contribution is 2.60. The Bertz CT molecular complexity index is 1990. The molecule has 0 aromatic carbocycles. The molecule has 21 heteroatoms. The number of phosphoric ester groups is 2. The van der Waals surface area contributed by atoms with E-state index >= 15 is 0 Å². The highest BCUT2D eigenvalue weighted by atomic mass is 31.3. The molecule has 402 valence electrons. The molecule has 1 aromatic rings. The highest BCUT2D eigenvalue weighted by molar-refractivity contribution is 7.61. The van der Waals surface area contributed by atoms with Gasteiger partial charge in [-0.2, -0.15) is 9.29 Å². The summed E-state index contributed by atoms with van der Waals surface area (Å²) in [5, 5.41) is 31.1. The van der Waals surface area contributed by atoms with Crippen molar-refractivity contribution >= 4 is 33.4 Å². The number of unbranched alkanes of at least 4 members (excludes halogenated alkanes) is 11. The number of aliphatic hydroxyl groups is 3. The van der Waals surface area contributed by atoms with Gasteiger partial charge in [0, 0.05) is 19.0 Å². The maximum Gasteiger partial charge on any atom is 0.481 e. The molecule has 1 aromatic heterocycles. The van der Waals surface area contributed by atoms with Crippen molar-refractivity contribution < 1.29 is 71.4 Å². The predicted molar refractivity (Wildman–Crippen MR) is 271 cm³/mol. The zero-order valence-electron chi connectivity index (χ0n) is 41.6. The van der Waals surface area contributed by atoms with Gasteiger partial charge in [-0.05, 0) is 70.3 Å². The summed E-state index contributed by atoms with van der Waals surface area (Å²) in [6.07, 6.45) is 34.4. The van der Waals surface area contributed by atoms with Crippen LogP contribution in [0.1, 0.15) is 155 Å². The Kier molecular flexibility index (Phi) is 33.7. The topological polar surface area (TPSA) is 286 Å². The molecule has 0 radical (unpaired) electrons. The summed E-state index contributed by atoms with van der Waals surface area (Å²) in [7, 11) is -10.9. The van der Waals surface area contributed by atoms with Gasteiger partial charge in [-0.3, -0.25) is 23.2 Å². The van der Waals surface area contributed by atoms with Crippen molar-refractivity contribution in [1.29, 1.82) is 0 Å². The molecule has 0 bridgehead atoms. The van der Waals surface area contributed by atoms with Gasteiger partial charge in [-0.1, -0.05) is 145 Å². The Morgan fingerprint density at radius 1 is 0.761 bits per heavy atom. The summed E-state index contributed by atoms with van der Waals surface area (Å²) in [6, 6.07) is 1.24. The molecule has 19 nitrogen and oxygen atoms in total. The van der Waals surface area contributed by atoms with Crippen molar-refractivity contribution in [3.8, 4) is 0 Å². The van der Waals surface area contributed by atoms with Gasteiger partial charge in [0.25, 0.3) is 0 Å². The summed E-state index contributed by atoms with van der Waals surface area (Å²) >= 11 is 0. The standard InChI is InChI=1S/C50H81N3O16P2/c1-3-5-7-9-11-12-13-14-15-16-17-18-19-20-22-26-31-35-46(56)67-42(38-64-45(55)34-30-27-23-25-29-33-41(54)32-28-24-21-10-8-6-4-2)39-65-70(60,61)69-71(62,63)66-40-43-47(57)48(58)49(68-43)53-37-36-44(51)52-50(53)59/h6,8,14-15,17-18,20-22,24,28,32,36-37,41-43,47-49,54,57-58H,3-5,7,9-13,16,19,23,25-27,29-31,33-35,38-40H2,1-2H3,(H,60,61)(H,62,63)(H2,51,52,59)/b8-6+,15-14-,18-17-,22-20-,24-21+,32-28+/t41?,42-,43-,47-,48-,49-/m1/s1. The normalized spacial score (nSPS) is 20.2. The number of aromatic nitrogens is 2. The summed E-state index contributed by atoms with van der Waals surface area (Å²) in [5.41, 5.74) is 4.57. The smallest absolute Gasteiger partial charge is 0.462 e. The van der Waals surface area contributed by atoms with Gasteiger partial charge in [-0.15, -0.1) is 0 Å². The Morgan fingerprint density at radius 3 is 2.07 bits per heavy atom. The monoisotopic (exact) mass is 1040 g/mol. The van der Waals surface area contributed by atoms with Crippen LogP contribution >= 0.6 is 15.6 Å². The van der Waals surface area contributed by atoms with E-state index in [4.69, 9.17) is 29.0 Å². The molecule has 3 unspecified atom stereocenters.